The average molecular weight is 482 g/mol. The van der Waals surface area contributed by atoms with Crippen molar-refractivity contribution in [3.8, 4) is 0 Å². The number of imidazole rings is 1. The number of guanidine groups is 1. The van der Waals surface area contributed by atoms with Gasteiger partial charge >= 0.3 is 5.97 Å². The van der Waals surface area contributed by atoms with Gasteiger partial charge in [0.05, 0.1) is 12.4 Å². The summed E-state index contributed by atoms with van der Waals surface area (Å²) in [6, 6.07) is -4.14. The van der Waals surface area contributed by atoms with Crippen molar-refractivity contribution in [2.75, 3.05) is 6.54 Å². The molecule has 0 aliphatic carbocycles. The molecule has 11 N–H and O–H groups in total. The molecule has 4 atom stereocenters. The van der Waals surface area contributed by atoms with Gasteiger partial charge in [0.25, 0.3) is 0 Å². The minimum absolute atomic E-state index is 0.0594. The summed E-state index contributed by atoms with van der Waals surface area (Å²) in [5, 5.41) is 16.6. The summed E-state index contributed by atoms with van der Waals surface area (Å²) < 4.78 is 0. The van der Waals surface area contributed by atoms with Crippen LogP contribution in [0.3, 0.4) is 0 Å². The molecular weight excluding hydrogens is 446 g/mol. The van der Waals surface area contributed by atoms with E-state index in [2.05, 4.69) is 30.9 Å². The number of amides is 3. The molecule has 0 saturated heterocycles. The number of aliphatic carboxylic acids is 1. The van der Waals surface area contributed by atoms with Crippen molar-refractivity contribution in [1.82, 2.24) is 25.9 Å². The van der Waals surface area contributed by atoms with Crippen LogP contribution in [0.1, 0.15) is 39.3 Å². The first kappa shape index (κ1) is 28.4. The molecule has 1 heterocycles. The smallest absolute Gasteiger partial charge is 0.325 e. The highest BCUT2D eigenvalue weighted by atomic mass is 16.4. The van der Waals surface area contributed by atoms with Crippen molar-refractivity contribution < 1.29 is 24.3 Å². The number of nitrogens with two attached hydrogens (primary N) is 3. The van der Waals surface area contributed by atoms with E-state index in [-0.39, 0.29) is 24.7 Å². The number of hydrogen-bond donors (Lipinski definition) is 8. The van der Waals surface area contributed by atoms with E-state index in [0.717, 1.165) is 0 Å². The molecule has 14 nitrogen and oxygen atoms in total. The van der Waals surface area contributed by atoms with Crippen LogP contribution in [0.4, 0.5) is 0 Å². The maximum Gasteiger partial charge on any atom is 0.325 e. The lowest BCUT2D eigenvalue weighted by Crippen LogP contribution is -2.58. The van der Waals surface area contributed by atoms with E-state index in [1.165, 1.54) is 19.4 Å². The Hall–Kier alpha value is -3.68. The fourth-order valence-electron chi connectivity index (χ4n) is 2.91. The molecule has 14 heteroatoms. The summed E-state index contributed by atoms with van der Waals surface area (Å²) in [6.07, 6.45) is 3.74. The first-order valence-electron chi connectivity index (χ1n) is 10.8. The Labute approximate surface area is 197 Å². The molecule has 0 spiro atoms. The second-order valence-corrected chi connectivity index (χ2v) is 8.20. The SMILES string of the molecule is CC(NC(=O)C(NC(=O)C(Cc1cnc[nH]1)NC(=O)C(N)CCCN=C(N)N)C(C)C)C(=O)O. The minimum atomic E-state index is -1.21. The van der Waals surface area contributed by atoms with E-state index in [0.29, 0.717) is 18.7 Å². The third-order valence-corrected chi connectivity index (χ3v) is 4.89. The maximum absolute atomic E-state index is 13.1. The van der Waals surface area contributed by atoms with E-state index < -0.39 is 47.9 Å². The zero-order chi connectivity index (χ0) is 25.8. The maximum atomic E-state index is 13.1. The summed E-state index contributed by atoms with van der Waals surface area (Å²) in [5.74, 6) is -3.47. The van der Waals surface area contributed by atoms with Crippen LogP contribution in [0, 0.1) is 5.92 Å². The number of nitrogens with one attached hydrogen (secondary N) is 4. The minimum Gasteiger partial charge on any atom is -0.480 e. The normalized spacial score (nSPS) is 14.4. The van der Waals surface area contributed by atoms with Crippen molar-refractivity contribution >= 4 is 29.7 Å². The number of rotatable bonds is 14. The number of aliphatic imine (C=N–C) groups is 1. The van der Waals surface area contributed by atoms with Gasteiger partial charge in [-0.15, -0.1) is 0 Å². The summed E-state index contributed by atoms with van der Waals surface area (Å²) in [6.45, 7) is 5.02. The summed E-state index contributed by atoms with van der Waals surface area (Å²) in [7, 11) is 0. The van der Waals surface area contributed by atoms with Crippen molar-refractivity contribution in [1.29, 1.82) is 0 Å². The third kappa shape index (κ3) is 9.85. The zero-order valence-corrected chi connectivity index (χ0v) is 19.6. The van der Waals surface area contributed by atoms with Gasteiger partial charge in [-0.2, -0.15) is 0 Å². The number of hydrogen-bond acceptors (Lipinski definition) is 7. The molecule has 3 amide bonds. The number of aromatic amines is 1. The fraction of sp³-hybridized carbons (Fsp3) is 0.600. The molecule has 1 rings (SSSR count). The van der Waals surface area contributed by atoms with Gasteiger partial charge in [-0.1, -0.05) is 13.8 Å². The number of carbonyl (C=O) groups is 4. The average Bonchev–Trinajstić information content (AvgIpc) is 3.26. The topological polar surface area (TPSA) is 244 Å². The lowest BCUT2D eigenvalue weighted by molar-refractivity contribution is -0.142. The number of aromatic nitrogens is 2. The van der Waals surface area contributed by atoms with E-state index in [1.807, 2.05) is 0 Å². The first-order chi connectivity index (χ1) is 15.9. The predicted molar refractivity (Wildman–Crippen MR) is 124 cm³/mol. The van der Waals surface area contributed by atoms with E-state index in [1.54, 1.807) is 13.8 Å². The van der Waals surface area contributed by atoms with Gasteiger partial charge in [-0.05, 0) is 25.7 Å². The number of carboxylic acids is 1. The van der Waals surface area contributed by atoms with Crippen molar-refractivity contribution in [2.45, 2.75) is 64.2 Å². The van der Waals surface area contributed by atoms with Crippen LogP contribution >= 0.6 is 0 Å². The summed E-state index contributed by atoms with van der Waals surface area (Å²) in [5.41, 5.74) is 17.0. The van der Waals surface area contributed by atoms with E-state index >= 15 is 0 Å². The second-order valence-electron chi connectivity index (χ2n) is 8.20. The molecule has 0 aromatic carbocycles. The standard InChI is InChI=1S/C20H35N9O5/c1-10(2)15(18(32)27-11(3)19(33)34)29-17(31)14(7-12-8-24-9-26-12)28-16(30)13(21)5-4-6-25-20(22)23/h8-11,13-15H,4-7,21H2,1-3H3,(H,24,26)(H,27,32)(H,28,30)(H,29,31)(H,33,34)(H4,22,23,25). The highest BCUT2D eigenvalue weighted by molar-refractivity contribution is 5.94. The lowest BCUT2D eigenvalue weighted by atomic mass is 10.0. The molecule has 0 bridgehead atoms. The Morgan fingerprint density at radius 1 is 1.09 bits per heavy atom. The molecule has 0 aliphatic rings. The molecule has 190 valence electrons. The highest BCUT2D eigenvalue weighted by Gasteiger charge is 2.31. The number of carbonyl (C=O) groups excluding carboxylic acids is 3. The van der Waals surface area contributed by atoms with Gasteiger partial charge < -0.3 is 43.2 Å². The van der Waals surface area contributed by atoms with Crippen molar-refractivity contribution in [3.05, 3.63) is 18.2 Å². The molecule has 4 unspecified atom stereocenters. The molecule has 34 heavy (non-hydrogen) atoms. The van der Waals surface area contributed by atoms with Crippen LogP contribution in [0.5, 0.6) is 0 Å². The van der Waals surface area contributed by atoms with Gasteiger partial charge in [0.2, 0.25) is 17.7 Å². The molecule has 1 aromatic rings. The van der Waals surface area contributed by atoms with Crippen LogP contribution in [0.15, 0.2) is 17.5 Å². The van der Waals surface area contributed by atoms with E-state index in [4.69, 9.17) is 22.3 Å². The summed E-state index contributed by atoms with van der Waals surface area (Å²) >= 11 is 0. The summed E-state index contributed by atoms with van der Waals surface area (Å²) in [4.78, 5) is 59.9. The Morgan fingerprint density at radius 3 is 2.29 bits per heavy atom. The largest absolute Gasteiger partial charge is 0.480 e. The molecule has 0 aliphatic heterocycles. The van der Waals surface area contributed by atoms with Crippen LogP contribution < -0.4 is 33.2 Å². The van der Waals surface area contributed by atoms with Crippen LogP contribution in [0.25, 0.3) is 0 Å². The van der Waals surface area contributed by atoms with Gasteiger partial charge in [0.15, 0.2) is 5.96 Å². The number of carboxylic acid groups (broad SMARTS) is 1. The third-order valence-electron chi connectivity index (χ3n) is 4.89. The molecule has 0 saturated carbocycles. The van der Waals surface area contributed by atoms with Gasteiger partial charge in [-0.25, -0.2) is 4.98 Å². The van der Waals surface area contributed by atoms with Crippen molar-refractivity contribution in [2.24, 2.45) is 28.1 Å². The Bertz CT molecular complexity index is 853. The monoisotopic (exact) mass is 481 g/mol. The molecule has 1 aromatic heterocycles. The van der Waals surface area contributed by atoms with Gasteiger partial charge in [0, 0.05) is 24.9 Å². The molecule has 0 fully saturated rings. The quantitative estimate of drug-likeness (QED) is 0.0797. The van der Waals surface area contributed by atoms with Crippen LogP contribution in [0.2, 0.25) is 0 Å². The van der Waals surface area contributed by atoms with E-state index in [9.17, 15) is 19.2 Å². The van der Waals surface area contributed by atoms with Crippen LogP contribution in [-0.2, 0) is 25.6 Å². The molecule has 0 radical (unpaired) electrons. The van der Waals surface area contributed by atoms with Crippen LogP contribution in [-0.4, -0.2) is 75.4 Å². The lowest BCUT2D eigenvalue weighted by Gasteiger charge is -2.26. The van der Waals surface area contributed by atoms with Crippen molar-refractivity contribution in [3.63, 3.8) is 0 Å². The van der Waals surface area contributed by atoms with Gasteiger partial charge in [0.1, 0.15) is 18.1 Å². The zero-order valence-electron chi connectivity index (χ0n) is 19.6. The van der Waals surface area contributed by atoms with Gasteiger partial charge in [-0.3, -0.25) is 24.2 Å². The first-order valence-corrected chi connectivity index (χ1v) is 10.8. The Kier molecular flexibility index (Phi) is 11.5. The second kappa shape index (κ2) is 13.8. The Balaban J connectivity index is 2.90. The molecular formula is C20H35N9O5. The predicted octanol–water partition coefficient (Wildman–Crippen LogP) is -2.45. The fourth-order valence-corrected chi connectivity index (χ4v) is 2.91. The number of nitrogens with zero attached hydrogens (tertiary/aromatic N) is 2. The highest BCUT2D eigenvalue weighted by Crippen LogP contribution is 2.06. The Morgan fingerprint density at radius 2 is 1.76 bits per heavy atom. The number of H-pyrrole nitrogens is 1.